The standard InChI is InChI=1S/C23H21ClN6O3/c1-3-33-22(31)16-11-30-20(21(25)26-12-27-30)19(16)14-5-7-15(8-6-14)28-23(32)29-18-10-13(2)4-9-17(18)24/h4-12H,3H2,1-2H3,(H2,25,26,27)(H2,28,29,32). The molecule has 4 aromatic rings. The molecule has 10 heteroatoms. The molecule has 0 radical (unpaired) electrons. The number of nitrogens with zero attached hydrogens (tertiary/aromatic N) is 3. The Kier molecular flexibility index (Phi) is 6.14. The summed E-state index contributed by atoms with van der Waals surface area (Å²) in [4.78, 5) is 29.0. The van der Waals surface area contributed by atoms with E-state index in [0.29, 0.717) is 38.6 Å². The van der Waals surface area contributed by atoms with Gasteiger partial charge in [0.2, 0.25) is 0 Å². The van der Waals surface area contributed by atoms with Gasteiger partial charge >= 0.3 is 12.0 Å². The third-order valence-corrected chi connectivity index (χ3v) is 5.23. The van der Waals surface area contributed by atoms with Crippen LogP contribution in [0.1, 0.15) is 22.8 Å². The molecule has 4 rings (SSSR count). The van der Waals surface area contributed by atoms with Crippen molar-refractivity contribution in [1.29, 1.82) is 0 Å². The van der Waals surface area contributed by atoms with Crippen LogP contribution in [-0.4, -0.2) is 33.2 Å². The third-order valence-electron chi connectivity index (χ3n) is 4.90. The van der Waals surface area contributed by atoms with E-state index in [9.17, 15) is 9.59 Å². The van der Waals surface area contributed by atoms with Crippen LogP contribution in [-0.2, 0) is 4.74 Å². The van der Waals surface area contributed by atoms with Crippen LogP contribution >= 0.6 is 11.6 Å². The van der Waals surface area contributed by atoms with Crippen molar-refractivity contribution in [3.05, 3.63) is 71.1 Å². The summed E-state index contributed by atoms with van der Waals surface area (Å²) < 4.78 is 6.69. The first-order valence-corrected chi connectivity index (χ1v) is 10.5. The van der Waals surface area contributed by atoms with E-state index in [1.807, 2.05) is 13.0 Å². The van der Waals surface area contributed by atoms with Gasteiger partial charge in [-0.15, -0.1) is 0 Å². The molecule has 2 heterocycles. The maximum atomic E-state index is 12.6. The lowest BCUT2D eigenvalue weighted by Gasteiger charge is -2.11. The Labute approximate surface area is 194 Å². The predicted octanol–water partition coefficient (Wildman–Crippen LogP) is 4.76. The van der Waals surface area contributed by atoms with E-state index < -0.39 is 12.0 Å². The van der Waals surface area contributed by atoms with Crippen LogP contribution in [0.15, 0.2) is 55.0 Å². The molecule has 0 unspecified atom stereocenters. The number of aromatic nitrogens is 3. The second kappa shape index (κ2) is 9.17. The van der Waals surface area contributed by atoms with E-state index in [4.69, 9.17) is 22.1 Å². The Morgan fingerprint density at radius 2 is 1.91 bits per heavy atom. The maximum absolute atomic E-state index is 12.6. The Bertz CT molecular complexity index is 1350. The number of amides is 2. The van der Waals surface area contributed by atoms with Gasteiger partial charge in [-0.2, -0.15) is 5.10 Å². The first kappa shape index (κ1) is 22.1. The number of nitrogen functional groups attached to an aromatic ring is 1. The van der Waals surface area contributed by atoms with Crippen LogP contribution in [0.2, 0.25) is 5.02 Å². The predicted molar refractivity (Wildman–Crippen MR) is 128 cm³/mol. The van der Waals surface area contributed by atoms with Crippen LogP contribution in [0.5, 0.6) is 0 Å². The Balaban J connectivity index is 1.62. The molecule has 33 heavy (non-hydrogen) atoms. The summed E-state index contributed by atoms with van der Waals surface area (Å²) in [6.07, 6.45) is 2.87. The summed E-state index contributed by atoms with van der Waals surface area (Å²) in [5.41, 5.74) is 10.2. The molecule has 0 bridgehead atoms. The quantitative estimate of drug-likeness (QED) is 0.366. The smallest absolute Gasteiger partial charge is 0.340 e. The molecule has 2 aromatic carbocycles. The molecule has 2 amide bonds. The van der Waals surface area contributed by atoms with Crippen LogP contribution in [0.3, 0.4) is 0 Å². The van der Waals surface area contributed by atoms with E-state index in [0.717, 1.165) is 5.56 Å². The zero-order chi connectivity index (χ0) is 23.5. The molecule has 0 aliphatic rings. The summed E-state index contributed by atoms with van der Waals surface area (Å²) in [6, 6.07) is 11.9. The number of carbonyl (C=O) groups is 2. The number of halogens is 1. The third kappa shape index (κ3) is 4.58. The Morgan fingerprint density at radius 1 is 1.15 bits per heavy atom. The number of hydrogen-bond donors (Lipinski definition) is 3. The molecule has 168 valence electrons. The highest BCUT2D eigenvalue weighted by molar-refractivity contribution is 6.33. The number of carbonyl (C=O) groups excluding carboxylic acids is 2. The van der Waals surface area contributed by atoms with Gasteiger partial charge in [0.25, 0.3) is 0 Å². The van der Waals surface area contributed by atoms with Gasteiger partial charge < -0.3 is 21.1 Å². The highest BCUT2D eigenvalue weighted by Gasteiger charge is 2.22. The number of nitrogens with one attached hydrogen (secondary N) is 2. The molecule has 0 atom stereocenters. The number of anilines is 3. The fourth-order valence-electron chi connectivity index (χ4n) is 3.43. The zero-order valence-electron chi connectivity index (χ0n) is 17.9. The van der Waals surface area contributed by atoms with Gasteiger partial charge in [-0.1, -0.05) is 29.8 Å². The second-order valence-corrected chi connectivity index (χ2v) is 7.62. The van der Waals surface area contributed by atoms with E-state index in [2.05, 4.69) is 20.7 Å². The lowest BCUT2D eigenvalue weighted by atomic mass is 10.0. The minimum absolute atomic E-state index is 0.229. The molecule has 0 saturated carbocycles. The van der Waals surface area contributed by atoms with E-state index in [-0.39, 0.29) is 12.4 Å². The van der Waals surface area contributed by atoms with Gasteiger partial charge in [0, 0.05) is 17.4 Å². The molecule has 4 N–H and O–H groups in total. The van der Waals surface area contributed by atoms with Crippen molar-refractivity contribution in [1.82, 2.24) is 14.6 Å². The van der Waals surface area contributed by atoms with Crippen molar-refractivity contribution in [3.8, 4) is 11.1 Å². The number of benzene rings is 2. The zero-order valence-corrected chi connectivity index (χ0v) is 18.7. The van der Waals surface area contributed by atoms with Crippen LogP contribution in [0.25, 0.3) is 16.6 Å². The normalized spacial score (nSPS) is 10.8. The number of urea groups is 1. The number of fused-ring (bicyclic) bond motifs is 1. The number of esters is 1. The Morgan fingerprint density at radius 3 is 2.64 bits per heavy atom. The molecule has 0 fully saturated rings. The average Bonchev–Trinajstić information content (AvgIpc) is 3.18. The molecule has 2 aromatic heterocycles. The molecule has 0 saturated heterocycles. The lowest BCUT2D eigenvalue weighted by Crippen LogP contribution is -2.19. The Hall–Kier alpha value is -4.11. The fourth-order valence-corrected chi connectivity index (χ4v) is 3.60. The number of rotatable bonds is 5. The topological polar surface area (TPSA) is 124 Å². The van der Waals surface area contributed by atoms with E-state index >= 15 is 0 Å². The second-order valence-electron chi connectivity index (χ2n) is 7.22. The molecule has 9 nitrogen and oxygen atoms in total. The summed E-state index contributed by atoms with van der Waals surface area (Å²) >= 11 is 6.14. The fraction of sp³-hybridized carbons (Fsp3) is 0.130. The number of ether oxygens (including phenoxy) is 1. The van der Waals surface area contributed by atoms with Crippen molar-refractivity contribution >= 4 is 46.3 Å². The highest BCUT2D eigenvalue weighted by atomic mass is 35.5. The minimum Gasteiger partial charge on any atom is -0.462 e. The SMILES string of the molecule is CCOC(=O)c1cn2ncnc(N)c2c1-c1ccc(NC(=O)Nc2cc(C)ccc2Cl)cc1. The molecular formula is C23H21ClN6O3. The van der Waals surface area contributed by atoms with Gasteiger partial charge in [0.15, 0.2) is 5.82 Å². The summed E-state index contributed by atoms with van der Waals surface area (Å²) in [7, 11) is 0. The lowest BCUT2D eigenvalue weighted by molar-refractivity contribution is 0.0527. The molecule has 0 aliphatic heterocycles. The minimum atomic E-state index is -0.492. The van der Waals surface area contributed by atoms with Crippen molar-refractivity contribution < 1.29 is 14.3 Å². The summed E-state index contributed by atoms with van der Waals surface area (Å²) in [5.74, 6) is -0.263. The van der Waals surface area contributed by atoms with Crippen LogP contribution in [0, 0.1) is 6.92 Å². The van der Waals surface area contributed by atoms with Crippen molar-refractivity contribution in [2.45, 2.75) is 13.8 Å². The number of aryl methyl sites for hydroxylation is 1. The molecule has 0 aliphatic carbocycles. The van der Waals surface area contributed by atoms with Crippen molar-refractivity contribution in [2.75, 3.05) is 23.0 Å². The highest BCUT2D eigenvalue weighted by Crippen LogP contribution is 2.33. The number of hydrogen-bond acceptors (Lipinski definition) is 6. The van der Waals surface area contributed by atoms with E-state index in [1.165, 1.54) is 10.8 Å². The molecule has 0 spiro atoms. The van der Waals surface area contributed by atoms with Gasteiger partial charge in [0.05, 0.1) is 22.9 Å². The van der Waals surface area contributed by atoms with Gasteiger partial charge in [-0.05, 0) is 49.2 Å². The molecular weight excluding hydrogens is 444 g/mol. The van der Waals surface area contributed by atoms with Gasteiger partial charge in [-0.25, -0.2) is 19.1 Å². The summed E-state index contributed by atoms with van der Waals surface area (Å²) in [6.45, 7) is 3.87. The maximum Gasteiger partial charge on any atom is 0.340 e. The largest absolute Gasteiger partial charge is 0.462 e. The summed E-state index contributed by atoms with van der Waals surface area (Å²) in [5, 5.41) is 10.1. The van der Waals surface area contributed by atoms with Crippen LogP contribution < -0.4 is 16.4 Å². The average molecular weight is 465 g/mol. The van der Waals surface area contributed by atoms with Crippen molar-refractivity contribution in [3.63, 3.8) is 0 Å². The first-order chi connectivity index (χ1) is 15.9. The van der Waals surface area contributed by atoms with Crippen LogP contribution in [0.4, 0.5) is 22.0 Å². The van der Waals surface area contributed by atoms with Crippen molar-refractivity contribution in [2.24, 2.45) is 0 Å². The van der Waals surface area contributed by atoms with Gasteiger partial charge in [-0.3, -0.25) is 0 Å². The van der Waals surface area contributed by atoms with Gasteiger partial charge in [0.1, 0.15) is 11.8 Å². The van der Waals surface area contributed by atoms with E-state index in [1.54, 1.807) is 49.5 Å². The first-order valence-electron chi connectivity index (χ1n) is 10.1. The number of nitrogens with two attached hydrogens (primary N) is 1. The monoisotopic (exact) mass is 464 g/mol.